The summed E-state index contributed by atoms with van der Waals surface area (Å²) in [4.78, 5) is 11.3. The Morgan fingerprint density at radius 3 is 3.12 bits per heavy atom. The molecule has 0 amide bonds. The molecule has 0 fully saturated rings. The molecule has 0 bridgehead atoms. The molecule has 0 saturated heterocycles. The lowest BCUT2D eigenvalue weighted by molar-refractivity contribution is 0.693. The third-order valence-corrected chi connectivity index (χ3v) is 2.41. The van der Waals surface area contributed by atoms with Gasteiger partial charge in [-0.1, -0.05) is 0 Å². The first-order valence-corrected chi connectivity index (χ1v) is 5.03. The summed E-state index contributed by atoms with van der Waals surface area (Å²) < 4.78 is 1.84. The van der Waals surface area contributed by atoms with Crippen molar-refractivity contribution in [2.75, 3.05) is 0 Å². The van der Waals surface area contributed by atoms with Crippen LogP contribution < -0.4 is 5.73 Å². The molecule has 7 heteroatoms. The van der Waals surface area contributed by atoms with Crippen molar-refractivity contribution >= 4 is 16.8 Å². The zero-order valence-electron chi connectivity index (χ0n) is 8.75. The van der Waals surface area contributed by atoms with E-state index in [1.165, 1.54) is 0 Å². The van der Waals surface area contributed by atoms with Gasteiger partial charge in [-0.3, -0.25) is 4.40 Å². The third-order valence-electron chi connectivity index (χ3n) is 2.41. The van der Waals surface area contributed by atoms with Gasteiger partial charge in [-0.2, -0.15) is 0 Å². The zero-order chi connectivity index (χ0) is 11.1. The Bertz CT molecular complexity index is 635. The van der Waals surface area contributed by atoms with E-state index in [-0.39, 0.29) is 6.04 Å². The van der Waals surface area contributed by atoms with Gasteiger partial charge in [0.15, 0.2) is 11.3 Å². The molecule has 3 N–H and O–H groups in total. The molecule has 0 radical (unpaired) electrons. The van der Waals surface area contributed by atoms with E-state index in [0.29, 0.717) is 12.1 Å². The second-order valence-electron chi connectivity index (χ2n) is 3.84. The third kappa shape index (κ3) is 1.25. The van der Waals surface area contributed by atoms with Crippen molar-refractivity contribution in [2.45, 2.75) is 19.4 Å². The van der Waals surface area contributed by atoms with Gasteiger partial charge in [0.05, 0.1) is 6.33 Å². The number of aromatic nitrogens is 6. The number of H-pyrrole nitrogens is 1. The molecule has 82 valence electrons. The van der Waals surface area contributed by atoms with Crippen LogP contribution in [-0.2, 0) is 6.42 Å². The van der Waals surface area contributed by atoms with E-state index in [2.05, 4.69) is 25.1 Å². The average Bonchev–Trinajstić information content (AvgIpc) is 2.82. The number of rotatable bonds is 2. The normalized spacial score (nSPS) is 13.6. The van der Waals surface area contributed by atoms with Crippen molar-refractivity contribution in [3.05, 3.63) is 18.5 Å². The molecule has 3 aromatic rings. The number of hydrogen-bond acceptors (Lipinski definition) is 5. The summed E-state index contributed by atoms with van der Waals surface area (Å²) >= 11 is 0. The quantitative estimate of drug-likeness (QED) is 0.624. The fraction of sp³-hybridized carbons (Fsp3) is 0.333. The maximum absolute atomic E-state index is 5.75. The maximum Gasteiger partial charge on any atom is 0.189 e. The van der Waals surface area contributed by atoms with E-state index >= 15 is 0 Å². The molecule has 0 saturated carbocycles. The van der Waals surface area contributed by atoms with Crippen molar-refractivity contribution in [2.24, 2.45) is 5.73 Å². The van der Waals surface area contributed by atoms with Crippen LogP contribution in [0.2, 0.25) is 0 Å². The van der Waals surface area contributed by atoms with Crippen molar-refractivity contribution in [3.8, 4) is 0 Å². The average molecular weight is 217 g/mol. The van der Waals surface area contributed by atoms with Crippen LogP contribution >= 0.6 is 0 Å². The summed E-state index contributed by atoms with van der Waals surface area (Å²) in [6.07, 6.45) is 3.94. The molecule has 3 aromatic heterocycles. The highest BCUT2D eigenvalue weighted by Crippen LogP contribution is 2.13. The van der Waals surface area contributed by atoms with Crippen LogP contribution in [0.3, 0.4) is 0 Å². The monoisotopic (exact) mass is 217 g/mol. The van der Waals surface area contributed by atoms with Crippen LogP contribution in [0.15, 0.2) is 12.7 Å². The predicted molar refractivity (Wildman–Crippen MR) is 57.8 cm³/mol. The lowest BCUT2D eigenvalue weighted by Crippen LogP contribution is -2.19. The summed E-state index contributed by atoms with van der Waals surface area (Å²) in [7, 11) is 0. The number of hydrogen-bond donors (Lipinski definition) is 2. The number of aromatic amines is 1. The number of nitrogens with one attached hydrogen (secondary N) is 1. The summed E-state index contributed by atoms with van der Waals surface area (Å²) in [6.45, 7) is 1.93. The molecule has 0 aliphatic carbocycles. The minimum absolute atomic E-state index is 0.0462. The summed E-state index contributed by atoms with van der Waals surface area (Å²) in [5.41, 5.74) is 7.92. The van der Waals surface area contributed by atoms with E-state index in [0.717, 1.165) is 17.0 Å². The lowest BCUT2D eigenvalue weighted by atomic mass is 10.2. The van der Waals surface area contributed by atoms with Crippen molar-refractivity contribution in [3.63, 3.8) is 0 Å². The second-order valence-corrected chi connectivity index (χ2v) is 3.84. The van der Waals surface area contributed by atoms with Gasteiger partial charge in [0, 0.05) is 12.5 Å². The van der Waals surface area contributed by atoms with E-state index in [1.54, 1.807) is 12.7 Å². The van der Waals surface area contributed by atoms with E-state index in [4.69, 9.17) is 5.73 Å². The van der Waals surface area contributed by atoms with Gasteiger partial charge >= 0.3 is 0 Å². The molecule has 0 aromatic carbocycles. The second kappa shape index (κ2) is 3.24. The number of fused-ring (bicyclic) bond motifs is 3. The van der Waals surface area contributed by atoms with Crippen molar-refractivity contribution in [1.29, 1.82) is 0 Å². The molecule has 0 spiro atoms. The number of nitrogens with zero attached hydrogens (tertiary/aromatic N) is 5. The topological polar surface area (TPSA) is 97.8 Å². The van der Waals surface area contributed by atoms with E-state index < -0.39 is 0 Å². The highest BCUT2D eigenvalue weighted by Gasteiger charge is 2.11. The molecule has 1 unspecified atom stereocenters. The van der Waals surface area contributed by atoms with Crippen molar-refractivity contribution < 1.29 is 0 Å². The van der Waals surface area contributed by atoms with Gasteiger partial charge in [0.1, 0.15) is 17.7 Å². The van der Waals surface area contributed by atoms with Crippen LogP contribution in [0.25, 0.3) is 16.8 Å². The smallest absolute Gasteiger partial charge is 0.189 e. The largest absolute Gasteiger partial charge is 0.340 e. The molecular weight excluding hydrogens is 206 g/mol. The summed E-state index contributed by atoms with van der Waals surface area (Å²) in [5, 5.41) is 8.23. The Hall–Kier alpha value is -2.02. The Balaban J connectivity index is 2.26. The highest BCUT2D eigenvalue weighted by atomic mass is 15.3. The Kier molecular flexibility index (Phi) is 1.87. The van der Waals surface area contributed by atoms with Gasteiger partial charge in [-0.25, -0.2) is 9.97 Å². The standard InChI is InChI=1S/C9H11N7/c1-5(10)2-6-14-15-9-7-8(12-3-11-7)13-4-16(6)9/h3-5H,2,10H2,1H3,(H,11,12). The SMILES string of the molecule is CC(N)Cc1nnc2c3[nH]cnc3ncn12. The molecule has 16 heavy (non-hydrogen) atoms. The predicted octanol–water partition coefficient (Wildman–Crippen LogP) is -0.110. The highest BCUT2D eigenvalue weighted by molar-refractivity contribution is 5.84. The minimum atomic E-state index is 0.0462. The van der Waals surface area contributed by atoms with Gasteiger partial charge < -0.3 is 10.7 Å². The van der Waals surface area contributed by atoms with Crippen LogP contribution in [0.4, 0.5) is 0 Å². The fourth-order valence-electron chi connectivity index (χ4n) is 1.70. The number of nitrogens with two attached hydrogens (primary N) is 1. The van der Waals surface area contributed by atoms with Gasteiger partial charge in [-0.15, -0.1) is 10.2 Å². The summed E-state index contributed by atoms with van der Waals surface area (Å²) in [5.74, 6) is 0.814. The Morgan fingerprint density at radius 1 is 1.44 bits per heavy atom. The van der Waals surface area contributed by atoms with Crippen LogP contribution in [-0.4, -0.2) is 35.6 Å². The van der Waals surface area contributed by atoms with Crippen LogP contribution in [0.1, 0.15) is 12.7 Å². The van der Waals surface area contributed by atoms with Crippen molar-refractivity contribution in [1.82, 2.24) is 29.5 Å². The first kappa shape index (κ1) is 9.22. The lowest BCUT2D eigenvalue weighted by Gasteiger charge is -2.02. The Labute approximate surface area is 90.7 Å². The van der Waals surface area contributed by atoms with Gasteiger partial charge in [0.2, 0.25) is 0 Å². The molecule has 3 heterocycles. The number of imidazole rings is 1. The van der Waals surface area contributed by atoms with Gasteiger partial charge in [0.25, 0.3) is 0 Å². The molecule has 0 aliphatic heterocycles. The maximum atomic E-state index is 5.75. The first-order chi connectivity index (χ1) is 7.75. The van der Waals surface area contributed by atoms with Crippen LogP contribution in [0.5, 0.6) is 0 Å². The van der Waals surface area contributed by atoms with E-state index in [9.17, 15) is 0 Å². The fourth-order valence-corrected chi connectivity index (χ4v) is 1.70. The molecular formula is C9H11N7. The Morgan fingerprint density at radius 2 is 2.31 bits per heavy atom. The molecule has 0 aliphatic rings. The summed E-state index contributed by atoms with van der Waals surface area (Å²) in [6, 6.07) is 0.0462. The minimum Gasteiger partial charge on any atom is -0.340 e. The first-order valence-electron chi connectivity index (χ1n) is 5.03. The molecule has 3 rings (SSSR count). The zero-order valence-corrected chi connectivity index (χ0v) is 8.75. The van der Waals surface area contributed by atoms with E-state index in [1.807, 2.05) is 11.3 Å². The van der Waals surface area contributed by atoms with Gasteiger partial charge in [-0.05, 0) is 6.92 Å². The van der Waals surface area contributed by atoms with Crippen LogP contribution in [0, 0.1) is 0 Å². The molecule has 1 atom stereocenters. The molecule has 7 nitrogen and oxygen atoms in total.